The molecule has 0 radical (unpaired) electrons. The van der Waals surface area contributed by atoms with Crippen molar-refractivity contribution >= 4 is 0 Å². The van der Waals surface area contributed by atoms with Gasteiger partial charge in [0.15, 0.2) is 0 Å². The Morgan fingerprint density at radius 3 is 2.76 bits per heavy atom. The maximum atomic E-state index is 5.18. The van der Waals surface area contributed by atoms with Crippen molar-refractivity contribution in [3.05, 3.63) is 53.3 Å². The molecule has 0 saturated carbocycles. The van der Waals surface area contributed by atoms with E-state index in [1.165, 1.54) is 11.1 Å². The van der Waals surface area contributed by atoms with Crippen molar-refractivity contribution in [3.8, 4) is 0 Å². The summed E-state index contributed by atoms with van der Waals surface area (Å²) in [5, 5.41) is 10.1. The number of hydrogen-bond donors (Lipinski definition) is 2. The van der Waals surface area contributed by atoms with Crippen LogP contribution in [0.2, 0.25) is 0 Å². The van der Waals surface area contributed by atoms with Gasteiger partial charge in [0.2, 0.25) is 0 Å². The van der Waals surface area contributed by atoms with Gasteiger partial charge >= 0.3 is 0 Å². The fraction of sp³-hybridized carbons (Fsp3) is 0.308. The van der Waals surface area contributed by atoms with Crippen LogP contribution in [-0.2, 0) is 24.4 Å². The van der Waals surface area contributed by atoms with Crippen molar-refractivity contribution in [3.63, 3.8) is 0 Å². The molecule has 2 rings (SSSR count). The highest BCUT2D eigenvalue weighted by Crippen LogP contribution is 2.09. The normalized spacial score (nSPS) is 10.6. The van der Waals surface area contributed by atoms with Crippen LogP contribution in [0.25, 0.3) is 0 Å². The monoisotopic (exact) mass is 231 g/mol. The van der Waals surface area contributed by atoms with Crippen molar-refractivity contribution in [2.75, 3.05) is 7.11 Å². The molecule has 0 unspecified atom stereocenters. The van der Waals surface area contributed by atoms with Crippen LogP contribution < -0.4 is 5.32 Å². The molecule has 1 heterocycles. The van der Waals surface area contributed by atoms with Crippen molar-refractivity contribution in [2.45, 2.75) is 19.7 Å². The number of ether oxygens (including phenoxy) is 1. The van der Waals surface area contributed by atoms with Gasteiger partial charge in [0.25, 0.3) is 0 Å². The Morgan fingerprint density at radius 1 is 1.24 bits per heavy atom. The van der Waals surface area contributed by atoms with Crippen molar-refractivity contribution in [1.29, 1.82) is 0 Å². The van der Waals surface area contributed by atoms with Gasteiger partial charge in [-0.15, -0.1) is 0 Å². The third kappa shape index (κ3) is 3.41. The van der Waals surface area contributed by atoms with Gasteiger partial charge in [-0.2, -0.15) is 5.10 Å². The van der Waals surface area contributed by atoms with Crippen molar-refractivity contribution in [1.82, 2.24) is 15.5 Å². The molecule has 0 amide bonds. The molecule has 0 aliphatic rings. The molecule has 0 saturated heterocycles. The highest BCUT2D eigenvalue weighted by molar-refractivity contribution is 5.26. The molecule has 17 heavy (non-hydrogen) atoms. The van der Waals surface area contributed by atoms with E-state index in [0.717, 1.165) is 18.7 Å². The molecule has 90 valence electrons. The Bertz CT molecular complexity index is 440. The first-order valence-corrected chi connectivity index (χ1v) is 5.64. The Hall–Kier alpha value is -1.65. The maximum absolute atomic E-state index is 5.18. The molecule has 0 spiro atoms. The van der Waals surface area contributed by atoms with Crippen molar-refractivity contribution in [2.24, 2.45) is 0 Å². The number of aromatic amines is 1. The molecule has 4 heteroatoms. The SMILES string of the molecule is COCc1ccccc1CNCc1cn[nH]c1. The molecule has 1 aromatic carbocycles. The quantitative estimate of drug-likeness (QED) is 0.797. The molecule has 0 aliphatic carbocycles. The Labute approximate surface area is 101 Å². The molecular weight excluding hydrogens is 214 g/mol. The van der Waals surface area contributed by atoms with E-state index < -0.39 is 0 Å². The van der Waals surface area contributed by atoms with E-state index in [-0.39, 0.29) is 0 Å². The minimum Gasteiger partial charge on any atom is -0.380 e. The van der Waals surface area contributed by atoms with E-state index in [0.29, 0.717) is 6.61 Å². The van der Waals surface area contributed by atoms with Crippen LogP contribution in [0.1, 0.15) is 16.7 Å². The molecule has 0 bridgehead atoms. The van der Waals surface area contributed by atoms with E-state index in [1.807, 2.05) is 24.5 Å². The van der Waals surface area contributed by atoms with Crippen LogP contribution in [0, 0.1) is 0 Å². The molecule has 0 atom stereocenters. The molecule has 2 aromatic rings. The zero-order valence-electron chi connectivity index (χ0n) is 9.94. The Morgan fingerprint density at radius 2 is 2.06 bits per heavy atom. The summed E-state index contributed by atoms with van der Waals surface area (Å²) in [6.45, 7) is 2.31. The van der Waals surface area contributed by atoms with Crippen LogP contribution in [0.5, 0.6) is 0 Å². The zero-order chi connectivity index (χ0) is 11.9. The lowest BCUT2D eigenvalue weighted by molar-refractivity contribution is 0.184. The summed E-state index contributed by atoms with van der Waals surface area (Å²) in [5.41, 5.74) is 3.67. The predicted molar refractivity (Wildman–Crippen MR) is 66.3 cm³/mol. The van der Waals surface area contributed by atoms with Gasteiger partial charge in [0.05, 0.1) is 12.8 Å². The third-order valence-corrected chi connectivity index (χ3v) is 2.62. The van der Waals surface area contributed by atoms with Crippen LogP contribution in [-0.4, -0.2) is 17.3 Å². The van der Waals surface area contributed by atoms with E-state index >= 15 is 0 Å². The summed E-state index contributed by atoms with van der Waals surface area (Å²) in [6, 6.07) is 8.30. The lowest BCUT2D eigenvalue weighted by atomic mass is 10.1. The zero-order valence-corrected chi connectivity index (χ0v) is 9.94. The van der Waals surface area contributed by atoms with Gasteiger partial charge in [-0.3, -0.25) is 5.10 Å². The average molecular weight is 231 g/mol. The standard InChI is InChI=1S/C13H17N3O/c1-17-10-13-5-3-2-4-12(13)9-14-6-11-7-15-16-8-11/h2-5,7-8,14H,6,9-10H2,1H3,(H,15,16). The van der Waals surface area contributed by atoms with Gasteiger partial charge in [0.1, 0.15) is 0 Å². The second-order valence-corrected chi connectivity index (χ2v) is 3.91. The first-order valence-electron chi connectivity index (χ1n) is 5.64. The topological polar surface area (TPSA) is 49.9 Å². The van der Waals surface area contributed by atoms with Gasteiger partial charge in [-0.05, 0) is 11.1 Å². The number of methoxy groups -OCH3 is 1. The van der Waals surface area contributed by atoms with Gasteiger partial charge in [0, 0.05) is 32.0 Å². The number of nitrogens with zero attached hydrogens (tertiary/aromatic N) is 1. The Kier molecular flexibility index (Phi) is 4.30. The number of nitrogens with one attached hydrogen (secondary N) is 2. The number of hydrogen-bond acceptors (Lipinski definition) is 3. The first-order chi connectivity index (χ1) is 8.40. The van der Waals surface area contributed by atoms with E-state index in [1.54, 1.807) is 7.11 Å². The summed E-state index contributed by atoms with van der Waals surface area (Å²) in [4.78, 5) is 0. The molecule has 0 aliphatic heterocycles. The summed E-state index contributed by atoms with van der Waals surface area (Å²) in [5.74, 6) is 0. The van der Waals surface area contributed by atoms with E-state index in [2.05, 4.69) is 27.6 Å². The van der Waals surface area contributed by atoms with Gasteiger partial charge in [-0.25, -0.2) is 0 Å². The second kappa shape index (κ2) is 6.18. The lowest BCUT2D eigenvalue weighted by Gasteiger charge is -2.09. The fourth-order valence-electron chi connectivity index (χ4n) is 1.74. The first kappa shape index (κ1) is 11.8. The highest BCUT2D eigenvalue weighted by atomic mass is 16.5. The summed E-state index contributed by atoms with van der Waals surface area (Å²) in [6.07, 6.45) is 3.72. The van der Waals surface area contributed by atoms with E-state index in [9.17, 15) is 0 Å². The molecule has 4 nitrogen and oxygen atoms in total. The Balaban J connectivity index is 1.89. The summed E-state index contributed by atoms with van der Waals surface area (Å²) in [7, 11) is 1.72. The number of benzene rings is 1. The fourth-order valence-corrected chi connectivity index (χ4v) is 1.74. The smallest absolute Gasteiger partial charge is 0.0716 e. The predicted octanol–water partition coefficient (Wildman–Crippen LogP) is 1.85. The molecule has 0 fully saturated rings. The van der Waals surface area contributed by atoms with Crippen LogP contribution in [0.3, 0.4) is 0 Å². The highest BCUT2D eigenvalue weighted by Gasteiger charge is 2.01. The maximum Gasteiger partial charge on any atom is 0.0716 e. The second-order valence-electron chi connectivity index (χ2n) is 3.91. The van der Waals surface area contributed by atoms with Gasteiger partial charge < -0.3 is 10.1 Å². The minimum atomic E-state index is 0.656. The average Bonchev–Trinajstić information content (AvgIpc) is 2.85. The third-order valence-electron chi connectivity index (χ3n) is 2.62. The minimum absolute atomic E-state index is 0.656. The molecule has 1 aromatic heterocycles. The van der Waals surface area contributed by atoms with Crippen molar-refractivity contribution < 1.29 is 4.74 Å². The summed E-state index contributed by atoms with van der Waals surface area (Å²) >= 11 is 0. The molecule has 2 N–H and O–H groups in total. The molecular formula is C13H17N3O. The summed E-state index contributed by atoms with van der Waals surface area (Å²) < 4.78 is 5.18. The van der Waals surface area contributed by atoms with Crippen LogP contribution >= 0.6 is 0 Å². The van der Waals surface area contributed by atoms with E-state index in [4.69, 9.17) is 4.74 Å². The largest absolute Gasteiger partial charge is 0.380 e. The van der Waals surface area contributed by atoms with Crippen LogP contribution in [0.4, 0.5) is 0 Å². The van der Waals surface area contributed by atoms with Gasteiger partial charge in [-0.1, -0.05) is 24.3 Å². The lowest BCUT2D eigenvalue weighted by Crippen LogP contribution is -2.13. The van der Waals surface area contributed by atoms with Crippen LogP contribution in [0.15, 0.2) is 36.7 Å². The number of aromatic nitrogens is 2. The number of rotatable bonds is 6. The number of H-pyrrole nitrogens is 1.